The SMILES string of the molecule is CCCC/C=C/C=[N+](C)c1c(C)cccc1C. The number of allylic oxidation sites excluding steroid dienone is 2. The predicted molar refractivity (Wildman–Crippen MR) is 76.5 cm³/mol. The molecule has 0 bridgehead atoms. The molecule has 0 amide bonds. The predicted octanol–water partition coefficient (Wildman–Crippen LogP) is 4.39. The van der Waals surface area contributed by atoms with Crippen molar-refractivity contribution in [1.82, 2.24) is 0 Å². The lowest BCUT2D eigenvalue weighted by Crippen LogP contribution is -2.02. The summed E-state index contributed by atoms with van der Waals surface area (Å²) < 4.78 is 2.20. The average molecular weight is 230 g/mol. The minimum atomic E-state index is 1.17. The largest absolute Gasteiger partial charge is 0.210 e. The maximum atomic E-state index is 2.24. The lowest BCUT2D eigenvalue weighted by molar-refractivity contribution is -0.399. The topological polar surface area (TPSA) is 3.01 Å². The van der Waals surface area contributed by atoms with E-state index in [-0.39, 0.29) is 0 Å². The molecule has 0 heterocycles. The molecule has 0 saturated heterocycles. The fourth-order valence-electron chi connectivity index (χ4n) is 2.04. The van der Waals surface area contributed by atoms with Gasteiger partial charge in [0.25, 0.3) is 0 Å². The fourth-order valence-corrected chi connectivity index (χ4v) is 2.04. The Balaban J connectivity index is 2.78. The van der Waals surface area contributed by atoms with Crippen molar-refractivity contribution in [2.45, 2.75) is 40.0 Å². The van der Waals surface area contributed by atoms with Crippen molar-refractivity contribution in [3.8, 4) is 0 Å². The van der Waals surface area contributed by atoms with Gasteiger partial charge in [-0.1, -0.05) is 44.0 Å². The Kier molecular flexibility index (Phi) is 5.68. The van der Waals surface area contributed by atoms with Crippen LogP contribution < -0.4 is 0 Å². The van der Waals surface area contributed by atoms with Crippen molar-refractivity contribution in [3.63, 3.8) is 0 Å². The first-order valence-corrected chi connectivity index (χ1v) is 6.46. The zero-order chi connectivity index (χ0) is 12.7. The van der Waals surface area contributed by atoms with E-state index in [0.29, 0.717) is 0 Å². The van der Waals surface area contributed by atoms with Crippen molar-refractivity contribution >= 4 is 11.9 Å². The molecule has 1 heteroatoms. The normalized spacial score (nSPS) is 12.4. The summed E-state index contributed by atoms with van der Waals surface area (Å²) in [4.78, 5) is 0. The third kappa shape index (κ3) is 4.18. The summed E-state index contributed by atoms with van der Waals surface area (Å²) in [6, 6.07) is 6.43. The Morgan fingerprint density at radius 2 is 1.82 bits per heavy atom. The van der Waals surface area contributed by atoms with Crippen LogP contribution in [0, 0.1) is 13.8 Å². The number of hydrogen-bond acceptors (Lipinski definition) is 0. The van der Waals surface area contributed by atoms with E-state index >= 15 is 0 Å². The second kappa shape index (κ2) is 7.05. The molecule has 1 rings (SSSR count). The van der Waals surface area contributed by atoms with Crippen LogP contribution in [0.15, 0.2) is 30.4 Å². The minimum Gasteiger partial charge on any atom is -0.201 e. The molecular formula is C16H24N+. The van der Waals surface area contributed by atoms with Crippen LogP contribution in [0.1, 0.15) is 37.3 Å². The van der Waals surface area contributed by atoms with Crippen molar-refractivity contribution in [3.05, 3.63) is 41.5 Å². The maximum absolute atomic E-state index is 2.24. The van der Waals surface area contributed by atoms with Crippen LogP contribution in [0.3, 0.4) is 0 Å². The minimum absolute atomic E-state index is 1.17. The van der Waals surface area contributed by atoms with E-state index in [1.54, 1.807) is 0 Å². The molecule has 0 fully saturated rings. The van der Waals surface area contributed by atoms with Crippen LogP contribution in [0.25, 0.3) is 0 Å². The fraction of sp³-hybridized carbons (Fsp3) is 0.438. The first-order chi connectivity index (χ1) is 8.16. The van der Waals surface area contributed by atoms with Crippen molar-refractivity contribution in [2.75, 3.05) is 7.05 Å². The van der Waals surface area contributed by atoms with Gasteiger partial charge in [-0.15, -0.1) is 0 Å². The number of rotatable bonds is 5. The van der Waals surface area contributed by atoms with Crippen LogP contribution in [-0.4, -0.2) is 17.8 Å². The van der Waals surface area contributed by atoms with Gasteiger partial charge in [-0.05, 0) is 26.3 Å². The quantitative estimate of drug-likeness (QED) is 0.401. The maximum Gasteiger partial charge on any atom is 0.210 e. The molecule has 0 aliphatic carbocycles. The summed E-state index contributed by atoms with van der Waals surface area (Å²) in [6.45, 7) is 6.54. The molecule has 0 aliphatic rings. The Bertz CT molecular complexity index is 393. The van der Waals surface area contributed by atoms with Gasteiger partial charge in [-0.3, -0.25) is 0 Å². The van der Waals surface area contributed by atoms with Gasteiger partial charge >= 0.3 is 0 Å². The molecule has 0 radical (unpaired) electrons. The molecular weight excluding hydrogens is 206 g/mol. The lowest BCUT2D eigenvalue weighted by atomic mass is 10.1. The van der Waals surface area contributed by atoms with E-state index in [9.17, 15) is 0 Å². The standard InChI is InChI=1S/C16H24N/c1-5-6-7-8-9-13-17(4)16-14(2)11-10-12-15(16)3/h8-13H,5-7H2,1-4H3/q+1/b9-8+,17-13?. The molecule has 1 aromatic rings. The van der Waals surface area contributed by atoms with Gasteiger partial charge in [0.1, 0.15) is 7.05 Å². The molecule has 0 saturated carbocycles. The van der Waals surface area contributed by atoms with Crippen molar-refractivity contribution in [1.29, 1.82) is 0 Å². The van der Waals surface area contributed by atoms with Gasteiger partial charge in [0, 0.05) is 11.1 Å². The first-order valence-electron chi connectivity index (χ1n) is 6.46. The Morgan fingerprint density at radius 1 is 1.18 bits per heavy atom. The highest BCUT2D eigenvalue weighted by Gasteiger charge is 2.09. The smallest absolute Gasteiger partial charge is 0.201 e. The molecule has 0 aromatic heterocycles. The second-order valence-corrected chi connectivity index (χ2v) is 4.57. The van der Waals surface area contributed by atoms with Gasteiger partial charge in [-0.25, -0.2) is 4.58 Å². The number of benzene rings is 1. The zero-order valence-corrected chi connectivity index (χ0v) is 11.5. The van der Waals surface area contributed by atoms with Crippen molar-refractivity contribution < 1.29 is 4.58 Å². The average Bonchev–Trinajstić information content (AvgIpc) is 2.28. The number of unbranched alkanes of at least 4 members (excludes halogenated alkanes) is 2. The van der Waals surface area contributed by atoms with E-state index in [0.717, 1.165) is 0 Å². The summed E-state index contributed by atoms with van der Waals surface area (Å²) >= 11 is 0. The molecule has 1 aromatic carbocycles. The van der Waals surface area contributed by atoms with Crippen LogP contribution in [0.2, 0.25) is 0 Å². The van der Waals surface area contributed by atoms with E-state index in [2.05, 4.69) is 69.0 Å². The first kappa shape index (κ1) is 13.7. The van der Waals surface area contributed by atoms with E-state index < -0.39 is 0 Å². The molecule has 0 spiro atoms. The third-order valence-electron chi connectivity index (χ3n) is 2.96. The van der Waals surface area contributed by atoms with E-state index in [1.807, 2.05) is 0 Å². The summed E-state index contributed by atoms with van der Waals surface area (Å²) in [5.41, 5.74) is 3.96. The number of nitrogens with zero attached hydrogens (tertiary/aromatic N) is 1. The summed E-state index contributed by atoms with van der Waals surface area (Å²) in [5, 5.41) is 0. The third-order valence-corrected chi connectivity index (χ3v) is 2.96. The molecule has 92 valence electrons. The van der Waals surface area contributed by atoms with Crippen LogP contribution in [-0.2, 0) is 0 Å². The molecule has 0 N–H and O–H groups in total. The number of aryl methyl sites for hydroxylation is 2. The Morgan fingerprint density at radius 3 is 2.41 bits per heavy atom. The summed E-state index contributed by atoms with van der Waals surface area (Å²) in [6.07, 6.45) is 10.3. The zero-order valence-electron chi connectivity index (χ0n) is 11.5. The summed E-state index contributed by atoms with van der Waals surface area (Å²) in [5.74, 6) is 0. The van der Waals surface area contributed by atoms with Gasteiger partial charge in [0.2, 0.25) is 5.69 Å². The van der Waals surface area contributed by atoms with Crippen LogP contribution in [0.4, 0.5) is 5.69 Å². The second-order valence-electron chi connectivity index (χ2n) is 4.57. The summed E-state index contributed by atoms with van der Waals surface area (Å²) in [7, 11) is 2.11. The molecule has 0 atom stereocenters. The number of hydrogen-bond donors (Lipinski definition) is 0. The molecule has 17 heavy (non-hydrogen) atoms. The lowest BCUT2D eigenvalue weighted by Gasteiger charge is -2.03. The van der Waals surface area contributed by atoms with E-state index in [1.165, 1.54) is 36.1 Å². The van der Waals surface area contributed by atoms with Crippen LogP contribution in [0.5, 0.6) is 0 Å². The van der Waals surface area contributed by atoms with Gasteiger partial charge < -0.3 is 0 Å². The molecule has 1 nitrogen and oxygen atoms in total. The highest BCUT2D eigenvalue weighted by Crippen LogP contribution is 2.21. The van der Waals surface area contributed by atoms with Crippen molar-refractivity contribution in [2.24, 2.45) is 0 Å². The number of para-hydroxylation sites is 1. The Labute approximate surface area is 105 Å². The van der Waals surface area contributed by atoms with E-state index in [4.69, 9.17) is 0 Å². The van der Waals surface area contributed by atoms with Gasteiger partial charge in [0.15, 0.2) is 6.21 Å². The van der Waals surface area contributed by atoms with Gasteiger partial charge in [0.05, 0.1) is 0 Å². The Hall–Kier alpha value is -1.37. The van der Waals surface area contributed by atoms with Gasteiger partial charge in [-0.2, -0.15) is 0 Å². The highest BCUT2D eigenvalue weighted by atomic mass is 15.0. The monoisotopic (exact) mass is 230 g/mol. The molecule has 0 unspecified atom stereocenters. The van der Waals surface area contributed by atoms with Crippen LogP contribution >= 0.6 is 0 Å². The molecule has 0 aliphatic heterocycles. The highest BCUT2D eigenvalue weighted by molar-refractivity contribution is 5.68.